The Hall–Kier alpha value is -1.89. The normalized spacial score (nSPS) is 24.7. The van der Waals surface area contributed by atoms with Crippen LogP contribution in [-0.2, 0) is 9.59 Å². The van der Waals surface area contributed by atoms with Crippen molar-refractivity contribution in [2.24, 2.45) is 5.92 Å². The highest BCUT2D eigenvalue weighted by atomic mass is 32.2. The van der Waals surface area contributed by atoms with Crippen molar-refractivity contribution >= 4 is 23.6 Å². The predicted molar refractivity (Wildman–Crippen MR) is 89.4 cm³/mol. The number of thioether (sulfide) groups is 1. The molecule has 0 unspecified atom stereocenters. The molecule has 2 saturated heterocycles. The van der Waals surface area contributed by atoms with Crippen molar-refractivity contribution in [3.05, 3.63) is 18.2 Å². The summed E-state index contributed by atoms with van der Waals surface area (Å²) >= 11 is 1.65. The van der Waals surface area contributed by atoms with Gasteiger partial charge in [-0.25, -0.2) is 0 Å². The van der Waals surface area contributed by atoms with Gasteiger partial charge in [0.15, 0.2) is 11.5 Å². The molecule has 2 atom stereocenters. The van der Waals surface area contributed by atoms with E-state index in [0.29, 0.717) is 45.1 Å². The molecule has 24 heavy (non-hydrogen) atoms. The van der Waals surface area contributed by atoms with Crippen LogP contribution >= 0.6 is 11.8 Å². The number of hydrogen-bond acceptors (Lipinski definition) is 5. The van der Waals surface area contributed by atoms with Crippen LogP contribution in [0.4, 0.5) is 0 Å². The van der Waals surface area contributed by atoms with Gasteiger partial charge in [-0.2, -0.15) is 0 Å². The Morgan fingerprint density at radius 2 is 2.08 bits per heavy atom. The van der Waals surface area contributed by atoms with Gasteiger partial charge in [-0.05, 0) is 18.2 Å². The molecular weight excluding hydrogens is 328 g/mol. The molecule has 1 aromatic carbocycles. The zero-order chi connectivity index (χ0) is 16.5. The van der Waals surface area contributed by atoms with E-state index in [4.69, 9.17) is 9.47 Å². The van der Waals surface area contributed by atoms with Crippen LogP contribution in [0.15, 0.2) is 23.1 Å². The molecule has 0 saturated carbocycles. The maximum absolute atomic E-state index is 12.3. The monoisotopic (exact) mass is 348 g/mol. The largest absolute Gasteiger partial charge is 0.486 e. The number of carbonyl (C=O) groups excluding carboxylic acids is 2. The van der Waals surface area contributed by atoms with E-state index in [1.54, 1.807) is 11.8 Å². The quantitative estimate of drug-likeness (QED) is 0.831. The molecule has 1 N–H and O–H groups in total. The predicted octanol–water partition coefficient (Wildman–Crippen LogP) is 1.29. The minimum atomic E-state index is 0.117. The minimum absolute atomic E-state index is 0.117. The molecule has 2 fully saturated rings. The van der Waals surface area contributed by atoms with E-state index in [-0.39, 0.29) is 17.9 Å². The Labute approximate surface area is 144 Å². The summed E-state index contributed by atoms with van der Waals surface area (Å²) in [6.45, 7) is 2.53. The van der Waals surface area contributed by atoms with Gasteiger partial charge < -0.3 is 19.7 Å². The van der Waals surface area contributed by atoms with Crippen LogP contribution in [0, 0.1) is 5.92 Å². The van der Waals surface area contributed by atoms with E-state index >= 15 is 0 Å². The van der Waals surface area contributed by atoms with Crippen molar-refractivity contribution in [2.75, 3.05) is 32.1 Å². The number of rotatable bonds is 4. The van der Waals surface area contributed by atoms with Crippen molar-refractivity contribution in [3.8, 4) is 11.5 Å². The first-order valence-electron chi connectivity index (χ1n) is 8.28. The number of nitrogens with zero attached hydrogens (tertiary/aromatic N) is 1. The molecule has 1 aromatic rings. The molecule has 3 aliphatic rings. The third-order valence-corrected chi connectivity index (χ3v) is 5.68. The Morgan fingerprint density at radius 3 is 2.92 bits per heavy atom. The number of nitrogens with one attached hydrogen (secondary N) is 1. The van der Waals surface area contributed by atoms with Gasteiger partial charge in [-0.1, -0.05) is 0 Å². The number of carbonyl (C=O) groups is 2. The summed E-state index contributed by atoms with van der Waals surface area (Å²) in [7, 11) is 0. The molecule has 2 amide bonds. The van der Waals surface area contributed by atoms with Gasteiger partial charge in [0, 0.05) is 42.5 Å². The highest BCUT2D eigenvalue weighted by Crippen LogP contribution is 2.34. The number of fused-ring (bicyclic) bond motifs is 2. The van der Waals surface area contributed by atoms with E-state index in [0.717, 1.165) is 22.1 Å². The topological polar surface area (TPSA) is 67.9 Å². The van der Waals surface area contributed by atoms with Crippen LogP contribution in [0.1, 0.15) is 12.8 Å². The van der Waals surface area contributed by atoms with E-state index < -0.39 is 0 Å². The zero-order valence-electron chi connectivity index (χ0n) is 13.3. The number of ether oxygens (including phenoxy) is 2. The number of benzene rings is 1. The average Bonchev–Trinajstić information content (AvgIpc) is 3.12. The summed E-state index contributed by atoms with van der Waals surface area (Å²) in [5.41, 5.74) is 0. The lowest BCUT2D eigenvalue weighted by Gasteiger charge is -2.19. The highest BCUT2D eigenvalue weighted by Gasteiger charge is 2.41. The van der Waals surface area contributed by atoms with E-state index in [2.05, 4.69) is 5.32 Å². The summed E-state index contributed by atoms with van der Waals surface area (Å²) in [6, 6.07) is 6.05. The lowest BCUT2D eigenvalue weighted by molar-refractivity contribution is -0.130. The molecule has 0 spiro atoms. The van der Waals surface area contributed by atoms with Crippen molar-refractivity contribution < 1.29 is 19.1 Å². The van der Waals surface area contributed by atoms with Gasteiger partial charge in [-0.15, -0.1) is 11.8 Å². The van der Waals surface area contributed by atoms with Crippen LogP contribution in [0.25, 0.3) is 0 Å². The maximum Gasteiger partial charge on any atom is 0.223 e. The molecule has 7 heteroatoms. The van der Waals surface area contributed by atoms with Crippen molar-refractivity contribution in [2.45, 2.75) is 23.8 Å². The second-order valence-corrected chi connectivity index (χ2v) is 7.51. The Morgan fingerprint density at radius 1 is 1.25 bits per heavy atom. The van der Waals surface area contributed by atoms with E-state index in [9.17, 15) is 9.59 Å². The summed E-state index contributed by atoms with van der Waals surface area (Å²) in [6.07, 6.45) is 1.06. The lowest BCUT2D eigenvalue weighted by Crippen LogP contribution is -2.35. The van der Waals surface area contributed by atoms with E-state index in [1.807, 2.05) is 23.1 Å². The summed E-state index contributed by atoms with van der Waals surface area (Å²) in [5.74, 6) is 2.88. The second kappa shape index (κ2) is 6.55. The molecule has 4 rings (SSSR count). The smallest absolute Gasteiger partial charge is 0.223 e. The SMILES string of the molecule is O=C1C[C@H]2CN(C(=O)CCSc3ccc4c(c3)OCCO4)C[C@H]2N1. The molecular formula is C17H20N2O4S. The molecule has 0 aromatic heterocycles. The van der Waals surface area contributed by atoms with Gasteiger partial charge in [0.2, 0.25) is 11.8 Å². The zero-order valence-corrected chi connectivity index (χ0v) is 14.1. The van der Waals surface area contributed by atoms with Gasteiger partial charge in [0.05, 0.1) is 6.04 Å². The van der Waals surface area contributed by atoms with Crippen molar-refractivity contribution in [3.63, 3.8) is 0 Å². The van der Waals surface area contributed by atoms with Crippen LogP contribution in [0.3, 0.4) is 0 Å². The third-order valence-electron chi connectivity index (χ3n) is 4.69. The number of likely N-dealkylation sites (tertiary alicyclic amines) is 1. The fourth-order valence-electron chi connectivity index (χ4n) is 3.48. The van der Waals surface area contributed by atoms with E-state index in [1.165, 1.54) is 0 Å². The molecule has 0 radical (unpaired) electrons. The van der Waals surface area contributed by atoms with Gasteiger partial charge >= 0.3 is 0 Å². The Bertz CT molecular complexity index is 650. The first-order chi connectivity index (χ1) is 11.7. The highest BCUT2D eigenvalue weighted by molar-refractivity contribution is 7.99. The van der Waals surface area contributed by atoms with Gasteiger partial charge in [-0.3, -0.25) is 9.59 Å². The summed E-state index contributed by atoms with van der Waals surface area (Å²) in [5, 5.41) is 2.95. The number of hydrogen-bond donors (Lipinski definition) is 1. The molecule has 6 nitrogen and oxygen atoms in total. The first-order valence-corrected chi connectivity index (χ1v) is 9.27. The minimum Gasteiger partial charge on any atom is -0.486 e. The molecule has 0 aliphatic carbocycles. The fraction of sp³-hybridized carbons (Fsp3) is 0.529. The Balaban J connectivity index is 1.26. The van der Waals surface area contributed by atoms with Crippen LogP contribution in [0.5, 0.6) is 11.5 Å². The van der Waals surface area contributed by atoms with Crippen LogP contribution in [-0.4, -0.2) is 54.8 Å². The number of amides is 2. The van der Waals surface area contributed by atoms with Crippen molar-refractivity contribution in [1.82, 2.24) is 10.2 Å². The van der Waals surface area contributed by atoms with Crippen molar-refractivity contribution in [1.29, 1.82) is 0 Å². The van der Waals surface area contributed by atoms with Gasteiger partial charge in [0.25, 0.3) is 0 Å². The molecule has 3 heterocycles. The van der Waals surface area contributed by atoms with Crippen LogP contribution < -0.4 is 14.8 Å². The molecule has 128 valence electrons. The van der Waals surface area contributed by atoms with Gasteiger partial charge in [0.1, 0.15) is 13.2 Å². The second-order valence-electron chi connectivity index (χ2n) is 6.34. The summed E-state index contributed by atoms with van der Waals surface area (Å²) in [4.78, 5) is 26.6. The summed E-state index contributed by atoms with van der Waals surface area (Å²) < 4.78 is 11.1. The molecule has 3 aliphatic heterocycles. The Kier molecular flexibility index (Phi) is 4.26. The fourth-order valence-corrected chi connectivity index (χ4v) is 4.34. The maximum atomic E-state index is 12.3. The third kappa shape index (κ3) is 3.17. The molecule has 0 bridgehead atoms. The van der Waals surface area contributed by atoms with Crippen LogP contribution in [0.2, 0.25) is 0 Å². The lowest BCUT2D eigenvalue weighted by atomic mass is 10.1. The average molecular weight is 348 g/mol. The standard InChI is InChI=1S/C17H20N2O4S/c20-16-7-11-9-19(10-13(11)18-16)17(21)3-6-24-12-1-2-14-15(8-12)23-5-4-22-14/h1-2,8,11,13H,3-7,9-10H2,(H,18,20)/t11-,13+/m0/s1. The first kappa shape index (κ1) is 15.6.